The Balaban J connectivity index is 0.000000210. The van der Waals surface area contributed by atoms with Crippen LogP contribution in [0.25, 0.3) is 0 Å². The van der Waals surface area contributed by atoms with E-state index < -0.39 is 11.0 Å². The van der Waals surface area contributed by atoms with Crippen molar-refractivity contribution in [2.45, 2.75) is 126 Å². The molecule has 5 saturated carbocycles. The monoisotopic (exact) mass is 1030 g/mol. The van der Waals surface area contributed by atoms with Gasteiger partial charge in [0.05, 0.1) is 27.2 Å². The van der Waals surface area contributed by atoms with Crippen LogP contribution in [-0.2, 0) is 50.4 Å². The predicted octanol–water partition coefficient (Wildman–Crippen LogP) is 14.8. The van der Waals surface area contributed by atoms with Gasteiger partial charge in [-0.3, -0.25) is 9.59 Å². The van der Waals surface area contributed by atoms with Crippen LogP contribution >= 0.6 is 0 Å². The number of esters is 4. The smallest absolute Gasteiger partial charge is 0.333 e. The van der Waals surface area contributed by atoms with E-state index in [2.05, 4.69) is 122 Å². The minimum atomic E-state index is -0.587. The Morgan fingerprint density at radius 1 is 0.486 bits per heavy atom. The van der Waals surface area contributed by atoms with Crippen molar-refractivity contribution in [3.05, 3.63) is 209 Å². The maximum atomic E-state index is 13.7. The van der Waals surface area contributed by atoms with Crippen molar-refractivity contribution in [1.82, 2.24) is 0 Å². The van der Waals surface area contributed by atoms with E-state index in [0.717, 1.165) is 44.9 Å². The Kier molecular flexibility index (Phi) is 19.9. The predicted molar refractivity (Wildman–Crippen MR) is 297 cm³/mol. The van der Waals surface area contributed by atoms with E-state index in [1.54, 1.807) is 13.8 Å². The highest BCUT2D eigenvalue weighted by Crippen LogP contribution is 2.63. The molecule has 0 aromatic heterocycles. The molecule has 5 aliphatic rings. The molecule has 386 valence electrons. The van der Waals surface area contributed by atoms with Gasteiger partial charge in [0.1, 0.15) is 23.2 Å². The SMILES string of the molecule is C=C(C)C(=O)OC12CC3CC(C1)CC(C(=O)Oc1ccc([S+](c4ccccc4)c4ccccc4)cc1)(C3)C2.C=C(C)C(=O)OC1CCCC1.CC(=O)Oc1ccc([S+](c2ccccc2)c2ccccc2)cc1.[CH3-].[CH3-]. The van der Waals surface area contributed by atoms with Gasteiger partial charge in [-0.2, -0.15) is 0 Å². The van der Waals surface area contributed by atoms with E-state index in [1.165, 1.54) is 49.1 Å². The van der Waals surface area contributed by atoms with Crippen LogP contribution < -0.4 is 9.47 Å². The number of carbonyl (C=O) groups excluding carboxylic acids is 4. The summed E-state index contributed by atoms with van der Waals surface area (Å²) in [6, 6.07) is 57.6. The Morgan fingerprint density at radius 2 is 0.851 bits per heavy atom. The average molecular weight is 1030 g/mol. The second-order valence-electron chi connectivity index (χ2n) is 19.5. The van der Waals surface area contributed by atoms with Gasteiger partial charge in [0.15, 0.2) is 29.4 Å². The van der Waals surface area contributed by atoms with Gasteiger partial charge < -0.3 is 33.8 Å². The Morgan fingerprint density at radius 3 is 1.22 bits per heavy atom. The molecule has 6 aromatic rings. The summed E-state index contributed by atoms with van der Waals surface area (Å²) in [6.45, 7) is 12.0. The fourth-order valence-electron chi connectivity index (χ4n) is 10.8. The zero-order valence-electron chi connectivity index (χ0n) is 43.5. The van der Waals surface area contributed by atoms with Crippen LogP contribution in [0.1, 0.15) is 85.0 Å². The molecule has 0 aliphatic heterocycles. The minimum absolute atomic E-state index is 0. The molecule has 0 radical (unpaired) electrons. The zero-order valence-corrected chi connectivity index (χ0v) is 45.1. The van der Waals surface area contributed by atoms with Crippen LogP contribution in [0.5, 0.6) is 11.5 Å². The largest absolute Gasteiger partial charge is 0.459 e. The third-order valence-corrected chi connectivity index (χ3v) is 18.0. The molecule has 0 saturated heterocycles. The standard InChI is InChI=1S/C33H33O4S.C20H17O2S.C9H14O2.2CH3/c1-23(2)30(34)37-33-20-24-17-25(21-33)19-32(18-24,22-33)31(35)36-26-13-15-29(16-14-26)38(27-9-5-3-6-10-27)28-11-7-4-8-12-28;1-16(21)22-17-12-14-20(15-13-17)23(18-8-4-2-5-9-18)19-10-6-3-7-11-19;1-7(2)9(10)11-8-5-3-4-6-8;;/h3-16,24-25H,1,17-22H2,2H3;2-15H,1H3;8H,1,3-6H2,2H3;2*1H3/q2*+1;;2*-1. The lowest BCUT2D eigenvalue weighted by molar-refractivity contribution is -0.206. The average Bonchev–Trinajstić information content (AvgIpc) is 3.89. The van der Waals surface area contributed by atoms with Crippen molar-refractivity contribution in [3.8, 4) is 11.5 Å². The molecule has 74 heavy (non-hydrogen) atoms. The van der Waals surface area contributed by atoms with E-state index in [-0.39, 0.29) is 66.6 Å². The van der Waals surface area contributed by atoms with Gasteiger partial charge in [-0.15, -0.1) is 0 Å². The summed E-state index contributed by atoms with van der Waals surface area (Å²) in [5.74, 6) is 0.849. The number of hydrogen-bond donors (Lipinski definition) is 0. The van der Waals surface area contributed by atoms with Crippen LogP contribution in [0.2, 0.25) is 0 Å². The highest BCUT2D eigenvalue weighted by Gasteiger charge is 2.63. The molecule has 10 heteroatoms. The molecular weight excluding hydrogens is 961 g/mol. The van der Waals surface area contributed by atoms with E-state index in [4.69, 9.17) is 18.9 Å². The van der Waals surface area contributed by atoms with Crippen LogP contribution in [0.15, 0.2) is 224 Å². The Labute approximate surface area is 445 Å². The normalized spacial score (nSPS) is 20.0. The van der Waals surface area contributed by atoms with Gasteiger partial charge in [0.25, 0.3) is 0 Å². The first-order valence-corrected chi connectivity index (χ1v) is 27.3. The summed E-state index contributed by atoms with van der Waals surface area (Å²) in [6.07, 6.45) is 9.57. The number of rotatable bonds is 13. The first-order chi connectivity index (χ1) is 34.8. The quantitative estimate of drug-likeness (QED) is 0.0370. The van der Waals surface area contributed by atoms with Crippen LogP contribution in [0.4, 0.5) is 0 Å². The van der Waals surface area contributed by atoms with Crippen molar-refractivity contribution in [1.29, 1.82) is 0 Å². The van der Waals surface area contributed by atoms with Gasteiger partial charge in [-0.05, 0) is 181 Å². The number of benzene rings is 6. The van der Waals surface area contributed by atoms with E-state index in [9.17, 15) is 19.2 Å². The highest BCUT2D eigenvalue weighted by molar-refractivity contribution is 7.97. The van der Waals surface area contributed by atoms with Gasteiger partial charge >= 0.3 is 23.9 Å². The van der Waals surface area contributed by atoms with E-state index in [0.29, 0.717) is 40.9 Å². The molecule has 0 amide bonds. The summed E-state index contributed by atoms with van der Waals surface area (Å²) in [7, 11) is -0.432. The molecule has 8 nitrogen and oxygen atoms in total. The maximum absolute atomic E-state index is 13.7. The Bertz CT molecular complexity index is 2720. The van der Waals surface area contributed by atoms with Crippen molar-refractivity contribution in [2.24, 2.45) is 17.3 Å². The fraction of sp³-hybridized carbons (Fsp3) is 0.281. The molecule has 5 aliphatic carbocycles. The highest BCUT2D eigenvalue weighted by atomic mass is 32.2. The lowest BCUT2D eigenvalue weighted by atomic mass is 9.48. The molecular formula is C64H70O8S2. The van der Waals surface area contributed by atoms with E-state index in [1.807, 2.05) is 60.7 Å². The first kappa shape index (κ1) is 56.7. The maximum Gasteiger partial charge on any atom is 0.333 e. The number of hydrogen-bond acceptors (Lipinski definition) is 8. The second kappa shape index (κ2) is 26.0. The number of ether oxygens (including phenoxy) is 4. The minimum Gasteiger partial charge on any atom is -0.459 e. The number of carbonyl (C=O) groups is 4. The molecule has 0 spiro atoms. The summed E-state index contributed by atoms with van der Waals surface area (Å²) in [5.41, 5.74) is -0.251. The van der Waals surface area contributed by atoms with Crippen molar-refractivity contribution in [2.75, 3.05) is 0 Å². The molecule has 0 heterocycles. The summed E-state index contributed by atoms with van der Waals surface area (Å²) in [4.78, 5) is 55.6. The van der Waals surface area contributed by atoms with Crippen molar-refractivity contribution < 1.29 is 38.1 Å². The summed E-state index contributed by atoms with van der Waals surface area (Å²) in [5, 5.41) is 0. The topological polar surface area (TPSA) is 105 Å². The fourth-order valence-corrected chi connectivity index (χ4v) is 15.0. The zero-order chi connectivity index (χ0) is 50.7. The van der Waals surface area contributed by atoms with Crippen LogP contribution in [-0.4, -0.2) is 35.6 Å². The van der Waals surface area contributed by atoms with Gasteiger partial charge in [-0.1, -0.05) is 86.0 Å². The summed E-state index contributed by atoms with van der Waals surface area (Å²) < 4.78 is 22.3. The summed E-state index contributed by atoms with van der Waals surface area (Å²) >= 11 is 0. The molecule has 6 aromatic carbocycles. The lowest BCUT2D eigenvalue weighted by Crippen LogP contribution is -2.60. The Hall–Kier alpha value is -6.62. The third-order valence-electron chi connectivity index (χ3n) is 13.5. The van der Waals surface area contributed by atoms with Crippen LogP contribution in [0, 0.1) is 32.1 Å². The molecule has 0 N–H and O–H groups in total. The molecule has 5 fully saturated rings. The molecule has 11 rings (SSSR count). The molecule has 2 unspecified atom stereocenters. The molecule has 4 bridgehead atoms. The van der Waals surface area contributed by atoms with Crippen LogP contribution in [0.3, 0.4) is 0 Å². The van der Waals surface area contributed by atoms with Gasteiger partial charge in [0, 0.05) is 24.5 Å². The van der Waals surface area contributed by atoms with E-state index >= 15 is 0 Å². The molecule has 2 atom stereocenters. The third kappa shape index (κ3) is 14.4. The van der Waals surface area contributed by atoms with Crippen molar-refractivity contribution in [3.63, 3.8) is 0 Å². The van der Waals surface area contributed by atoms with Gasteiger partial charge in [-0.25, -0.2) is 9.59 Å². The lowest BCUT2D eigenvalue weighted by Gasteiger charge is -2.59. The van der Waals surface area contributed by atoms with Gasteiger partial charge in [0.2, 0.25) is 0 Å². The second-order valence-corrected chi connectivity index (χ2v) is 23.5. The van der Waals surface area contributed by atoms with Crippen molar-refractivity contribution >= 4 is 45.7 Å². The first-order valence-electron chi connectivity index (χ1n) is 24.8.